The fraction of sp³-hybridized carbons (Fsp3) is 0.636. The van der Waals surface area contributed by atoms with Gasteiger partial charge in [-0.25, -0.2) is 14.6 Å². The zero-order chi connectivity index (χ0) is 13.0. The fourth-order valence-electron chi connectivity index (χ4n) is 1.84. The highest BCUT2D eigenvalue weighted by Gasteiger charge is 2.13. The Kier molecular flexibility index (Phi) is 4.03. The Morgan fingerprint density at radius 1 is 1.44 bits per heavy atom. The largest absolute Gasteiger partial charge is 0.384 e. The number of anilines is 1. The normalized spacial score (nSPS) is 12.8. The monoisotopic (exact) mass is 250 g/mol. The lowest BCUT2D eigenvalue weighted by Gasteiger charge is -2.09. The van der Waals surface area contributed by atoms with E-state index in [-0.39, 0.29) is 0 Å². The summed E-state index contributed by atoms with van der Waals surface area (Å²) in [6.07, 6.45) is 1.53. The molecule has 0 saturated heterocycles. The second kappa shape index (κ2) is 5.72. The predicted molar refractivity (Wildman–Crippen MR) is 68.3 cm³/mol. The quantitative estimate of drug-likeness (QED) is 0.822. The van der Waals surface area contributed by atoms with Crippen LogP contribution in [-0.2, 0) is 11.3 Å². The van der Waals surface area contributed by atoms with Crippen LogP contribution in [0.2, 0.25) is 0 Å². The van der Waals surface area contributed by atoms with Gasteiger partial charge in [0, 0.05) is 20.2 Å². The molecule has 2 heterocycles. The number of nitrogens with zero attached hydrogens (tertiary/aromatic N) is 5. The third-order valence-electron chi connectivity index (χ3n) is 2.58. The van der Waals surface area contributed by atoms with E-state index in [1.54, 1.807) is 11.8 Å². The molecular weight excluding hydrogens is 232 g/mol. The maximum Gasteiger partial charge on any atom is 0.183 e. The average Bonchev–Trinajstić information content (AvgIpc) is 2.74. The molecule has 1 unspecified atom stereocenters. The molecule has 0 aliphatic heterocycles. The van der Waals surface area contributed by atoms with E-state index < -0.39 is 0 Å². The highest BCUT2D eigenvalue weighted by molar-refractivity contribution is 5.81. The van der Waals surface area contributed by atoms with Gasteiger partial charge < -0.3 is 10.1 Å². The first-order valence-corrected chi connectivity index (χ1v) is 6.03. The summed E-state index contributed by atoms with van der Waals surface area (Å²) in [5.41, 5.74) is 1.47. The highest BCUT2D eigenvalue weighted by Crippen LogP contribution is 2.16. The molecule has 0 fully saturated rings. The van der Waals surface area contributed by atoms with Crippen molar-refractivity contribution in [1.29, 1.82) is 0 Å². The topological polar surface area (TPSA) is 77.8 Å². The van der Waals surface area contributed by atoms with Crippen LogP contribution in [0.25, 0.3) is 11.2 Å². The Balaban J connectivity index is 2.27. The van der Waals surface area contributed by atoms with Crippen molar-refractivity contribution in [2.45, 2.75) is 20.4 Å². The maximum atomic E-state index is 5.12. The molecule has 2 aromatic heterocycles. The van der Waals surface area contributed by atoms with Crippen molar-refractivity contribution in [1.82, 2.24) is 25.0 Å². The number of fused-ring (bicyclic) bond motifs is 1. The van der Waals surface area contributed by atoms with Gasteiger partial charge in [-0.3, -0.25) is 0 Å². The Morgan fingerprint density at radius 2 is 2.28 bits per heavy atom. The van der Waals surface area contributed by atoms with E-state index in [2.05, 4.69) is 32.5 Å². The number of methoxy groups -OCH3 is 1. The molecule has 2 aromatic rings. The molecule has 0 aromatic carbocycles. The Hall–Kier alpha value is -1.76. The van der Waals surface area contributed by atoms with Crippen LogP contribution in [0.1, 0.15) is 13.8 Å². The van der Waals surface area contributed by atoms with Gasteiger partial charge in [-0.1, -0.05) is 12.1 Å². The Morgan fingerprint density at radius 3 is 3.00 bits per heavy atom. The van der Waals surface area contributed by atoms with Crippen LogP contribution in [0.3, 0.4) is 0 Å². The molecular formula is C11H18N6O. The molecule has 18 heavy (non-hydrogen) atoms. The van der Waals surface area contributed by atoms with Gasteiger partial charge in [-0.15, -0.1) is 5.10 Å². The number of rotatable bonds is 6. The second-order valence-corrected chi connectivity index (χ2v) is 4.26. The Labute approximate surface area is 106 Å². The third kappa shape index (κ3) is 2.56. The van der Waals surface area contributed by atoms with Crippen molar-refractivity contribution in [3.8, 4) is 0 Å². The molecule has 0 aliphatic carbocycles. The van der Waals surface area contributed by atoms with Gasteiger partial charge in [0.25, 0.3) is 0 Å². The molecule has 0 amide bonds. The number of hydrogen-bond acceptors (Lipinski definition) is 6. The number of ether oxygens (including phenoxy) is 1. The van der Waals surface area contributed by atoms with Gasteiger partial charge in [-0.2, -0.15) is 0 Å². The van der Waals surface area contributed by atoms with E-state index in [1.165, 1.54) is 6.33 Å². The van der Waals surface area contributed by atoms with Crippen LogP contribution in [0.5, 0.6) is 0 Å². The molecule has 0 radical (unpaired) electrons. The lowest BCUT2D eigenvalue weighted by molar-refractivity contribution is 0.149. The van der Waals surface area contributed by atoms with E-state index >= 15 is 0 Å². The van der Waals surface area contributed by atoms with Crippen molar-refractivity contribution in [3.05, 3.63) is 6.33 Å². The predicted octanol–water partition coefficient (Wildman–Crippen LogP) is 0.936. The molecule has 0 saturated carbocycles. The summed E-state index contributed by atoms with van der Waals surface area (Å²) in [7, 11) is 1.70. The van der Waals surface area contributed by atoms with Crippen LogP contribution in [0, 0.1) is 5.92 Å². The number of nitrogens with one attached hydrogen (secondary N) is 1. The minimum absolute atomic E-state index is 0.359. The molecule has 0 aliphatic rings. The average molecular weight is 250 g/mol. The second-order valence-electron chi connectivity index (χ2n) is 4.26. The van der Waals surface area contributed by atoms with Crippen LogP contribution in [0.4, 0.5) is 5.82 Å². The van der Waals surface area contributed by atoms with Gasteiger partial charge in [0.2, 0.25) is 0 Å². The molecule has 7 nitrogen and oxygen atoms in total. The number of hydrogen-bond donors (Lipinski definition) is 1. The molecule has 2 rings (SSSR count). The first-order chi connectivity index (χ1) is 8.76. The summed E-state index contributed by atoms with van der Waals surface area (Å²) in [5.74, 6) is 1.09. The van der Waals surface area contributed by atoms with E-state index in [0.29, 0.717) is 18.0 Å². The number of aromatic nitrogens is 5. The zero-order valence-electron chi connectivity index (χ0n) is 10.9. The van der Waals surface area contributed by atoms with Crippen LogP contribution >= 0.6 is 0 Å². The summed E-state index contributed by atoms with van der Waals surface area (Å²) in [6.45, 7) is 6.32. The fourth-order valence-corrected chi connectivity index (χ4v) is 1.84. The lowest BCUT2D eigenvalue weighted by Crippen LogP contribution is -2.14. The summed E-state index contributed by atoms with van der Waals surface area (Å²) in [4.78, 5) is 8.41. The summed E-state index contributed by atoms with van der Waals surface area (Å²) in [6, 6.07) is 0. The van der Waals surface area contributed by atoms with E-state index in [0.717, 1.165) is 24.6 Å². The van der Waals surface area contributed by atoms with Gasteiger partial charge >= 0.3 is 0 Å². The first-order valence-electron chi connectivity index (χ1n) is 6.03. The standard InChI is InChI=1S/C11H18N6O/c1-4-12-10-9-11(14-7-13-10)17(16-15-9)5-8(2)6-18-3/h7-8H,4-6H2,1-3H3,(H,12,13,14). The van der Waals surface area contributed by atoms with E-state index in [1.807, 2.05) is 6.92 Å². The smallest absolute Gasteiger partial charge is 0.183 e. The molecule has 0 spiro atoms. The maximum absolute atomic E-state index is 5.12. The molecule has 7 heteroatoms. The van der Waals surface area contributed by atoms with Crippen molar-refractivity contribution in [2.75, 3.05) is 25.6 Å². The van der Waals surface area contributed by atoms with Gasteiger partial charge in [0.15, 0.2) is 17.0 Å². The zero-order valence-corrected chi connectivity index (χ0v) is 10.9. The van der Waals surface area contributed by atoms with Crippen LogP contribution in [-0.4, -0.2) is 45.2 Å². The first kappa shape index (κ1) is 12.7. The van der Waals surface area contributed by atoms with E-state index in [4.69, 9.17) is 4.74 Å². The van der Waals surface area contributed by atoms with Crippen molar-refractivity contribution in [3.63, 3.8) is 0 Å². The minimum Gasteiger partial charge on any atom is -0.384 e. The molecule has 1 N–H and O–H groups in total. The van der Waals surface area contributed by atoms with Crippen LogP contribution in [0.15, 0.2) is 6.33 Å². The lowest BCUT2D eigenvalue weighted by atomic mass is 10.2. The van der Waals surface area contributed by atoms with Crippen molar-refractivity contribution < 1.29 is 4.74 Å². The highest BCUT2D eigenvalue weighted by atomic mass is 16.5. The van der Waals surface area contributed by atoms with E-state index in [9.17, 15) is 0 Å². The SMILES string of the molecule is CCNc1ncnc2c1nnn2CC(C)COC. The summed E-state index contributed by atoms with van der Waals surface area (Å²) < 4.78 is 6.91. The Bertz CT molecular complexity index is 511. The van der Waals surface area contributed by atoms with Gasteiger partial charge in [0.05, 0.1) is 6.61 Å². The molecule has 1 atom stereocenters. The van der Waals surface area contributed by atoms with Crippen molar-refractivity contribution in [2.24, 2.45) is 5.92 Å². The summed E-state index contributed by atoms with van der Waals surface area (Å²) in [5, 5.41) is 11.4. The van der Waals surface area contributed by atoms with Crippen molar-refractivity contribution >= 4 is 17.0 Å². The molecule has 0 bridgehead atoms. The van der Waals surface area contributed by atoms with Gasteiger partial charge in [-0.05, 0) is 12.8 Å². The third-order valence-corrected chi connectivity index (χ3v) is 2.58. The van der Waals surface area contributed by atoms with Gasteiger partial charge in [0.1, 0.15) is 6.33 Å². The summed E-state index contributed by atoms with van der Waals surface area (Å²) >= 11 is 0. The minimum atomic E-state index is 0.359. The van der Waals surface area contributed by atoms with Crippen LogP contribution < -0.4 is 5.32 Å². The molecule has 98 valence electrons.